The average Bonchev–Trinajstić information content (AvgIpc) is 3.48. The van der Waals surface area contributed by atoms with Crippen molar-refractivity contribution in [1.82, 2.24) is 29.4 Å². The van der Waals surface area contributed by atoms with E-state index < -0.39 is 0 Å². The Hall–Kier alpha value is -2.75. The lowest BCUT2D eigenvalue weighted by Gasteiger charge is -2.30. The van der Waals surface area contributed by atoms with E-state index in [1.54, 1.807) is 23.1 Å². The van der Waals surface area contributed by atoms with Crippen LogP contribution in [-0.2, 0) is 24.2 Å². The van der Waals surface area contributed by atoms with Crippen LogP contribution < -0.4 is 0 Å². The summed E-state index contributed by atoms with van der Waals surface area (Å²) in [5, 5.41) is 16.0. The highest BCUT2D eigenvalue weighted by atomic mass is 32.2. The molecule has 0 amide bonds. The molecule has 0 saturated carbocycles. The molecule has 0 spiro atoms. The van der Waals surface area contributed by atoms with E-state index in [0.29, 0.717) is 6.61 Å². The number of rotatable bonds is 5. The fourth-order valence-corrected chi connectivity index (χ4v) is 6.58. The Balaban J connectivity index is 1.51. The highest BCUT2D eigenvalue weighted by molar-refractivity contribution is 7.99. The van der Waals surface area contributed by atoms with E-state index in [2.05, 4.69) is 60.6 Å². The number of hydrogen-bond acceptors (Lipinski definition) is 7. The number of ether oxygens (including phenoxy) is 1. The molecule has 0 bridgehead atoms. The minimum atomic E-state index is -0.209. The van der Waals surface area contributed by atoms with E-state index in [0.717, 1.165) is 57.0 Å². The van der Waals surface area contributed by atoms with E-state index >= 15 is 0 Å². The second kappa shape index (κ2) is 8.18. The third-order valence-electron chi connectivity index (χ3n) is 6.19. The van der Waals surface area contributed by atoms with Gasteiger partial charge < -0.3 is 4.74 Å². The van der Waals surface area contributed by atoms with E-state index in [1.807, 2.05) is 17.7 Å². The number of aromatic nitrogens is 6. The normalized spacial score (nSPS) is 15.3. The lowest BCUT2D eigenvalue weighted by Crippen LogP contribution is -2.31. The monoisotopic (exact) mass is 490 g/mol. The maximum absolute atomic E-state index is 6.09. The first kappa shape index (κ1) is 21.8. The molecule has 4 aromatic heterocycles. The van der Waals surface area contributed by atoms with Gasteiger partial charge >= 0.3 is 0 Å². The van der Waals surface area contributed by atoms with Crippen molar-refractivity contribution in [2.75, 3.05) is 5.75 Å². The number of thiophene rings is 1. The molecular weight excluding hydrogens is 464 g/mol. The summed E-state index contributed by atoms with van der Waals surface area (Å²) in [7, 11) is 0. The Morgan fingerprint density at radius 1 is 1.15 bits per heavy atom. The Morgan fingerprint density at radius 3 is 2.74 bits per heavy atom. The van der Waals surface area contributed by atoms with Crippen molar-refractivity contribution in [3.63, 3.8) is 0 Å². The zero-order valence-electron chi connectivity index (χ0n) is 19.7. The first-order valence-corrected chi connectivity index (χ1v) is 13.2. The first-order chi connectivity index (χ1) is 16.4. The molecule has 5 heterocycles. The summed E-state index contributed by atoms with van der Waals surface area (Å²) >= 11 is 3.40. The van der Waals surface area contributed by atoms with Gasteiger partial charge in [-0.2, -0.15) is 5.10 Å². The van der Waals surface area contributed by atoms with Crippen LogP contribution in [0.5, 0.6) is 0 Å². The molecule has 1 aliphatic rings. The van der Waals surface area contributed by atoms with Crippen molar-refractivity contribution in [2.24, 2.45) is 0 Å². The average molecular weight is 491 g/mol. The standard InChI is InChI=1S/C25H26N6OS2/c1-15-12-16(2)31(29-15)23-26-22-20(18-13-25(3,4)32-14-19(18)34-22)21-27-28-24(30(21)23)33-11-10-17-8-6-5-7-9-17/h5-9,12H,10-11,13-14H2,1-4H3. The molecule has 7 nitrogen and oxygen atoms in total. The molecule has 0 N–H and O–H groups in total. The van der Waals surface area contributed by atoms with Gasteiger partial charge in [0.05, 0.1) is 23.3 Å². The van der Waals surface area contributed by atoms with Gasteiger partial charge in [0, 0.05) is 22.7 Å². The minimum absolute atomic E-state index is 0.209. The number of nitrogens with zero attached hydrogens (tertiary/aromatic N) is 6. The van der Waals surface area contributed by atoms with E-state index in [1.165, 1.54) is 16.0 Å². The van der Waals surface area contributed by atoms with Gasteiger partial charge in [0.15, 0.2) is 10.8 Å². The summed E-state index contributed by atoms with van der Waals surface area (Å²) in [4.78, 5) is 7.33. The fraction of sp³-hybridized carbons (Fsp3) is 0.360. The summed E-state index contributed by atoms with van der Waals surface area (Å²) in [6.07, 6.45) is 1.80. The Labute approximate surface area is 206 Å². The summed E-state index contributed by atoms with van der Waals surface area (Å²) in [6, 6.07) is 12.6. The van der Waals surface area contributed by atoms with Crippen LogP contribution in [0, 0.1) is 13.8 Å². The van der Waals surface area contributed by atoms with Gasteiger partial charge in [-0.25, -0.2) is 14.1 Å². The van der Waals surface area contributed by atoms with Crippen molar-refractivity contribution in [3.8, 4) is 5.95 Å². The van der Waals surface area contributed by atoms with Crippen LogP contribution in [0.15, 0.2) is 41.6 Å². The lowest BCUT2D eigenvalue weighted by molar-refractivity contribution is -0.0379. The maximum atomic E-state index is 6.09. The number of fused-ring (bicyclic) bond motifs is 5. The van der Waals surface area contributed by atoms with E-state index in [-0.39, 0.29) is 5.60 Å². The highest BCUT2D eigenvalue weighted by Crippen LogP contribution is 2.41. The van der Waals surface area contributed by atoms with Gasteiger partial charge in [0.1, 0.15) is 4.83 Å². The van der Waals surface area contributed by atoms with Crippen LogP contribution in [0.25, 0.3) is 21.8 Å². The van der Waals surface area contributed by atoms with Crippen molar-refractivity contribution >= 4 is 39.0 Å². The Kier molecular flexibility index (Phi) is 5.24. The minimum Gasteiger partial charge on any atom is -0.370 e. The SMILES string of the molecule is Cc1cc(C)n(-c2nc3sc4c(c3c3nnc(SCCc5ccccc5)n23)CC(C)(C)OC4)n1. The lowest BCUT2D eigenvalue weighted by atomic mass is 9.94. The smallest absolute Gasteiger partial charge is 0.240 e. The predicted molar refractivity (Wildman–Crippen MR) is 136 cm³/mol. The summed E-state index contributed by atoms with van der Waals surface area (Å²) in [6.45, 7) is 8.95. The van der Waals surface area contributed by atoms with Gasteiger partial charge in [-0.3, -0.25) is 0 Å². The largest absolute Gasteiger partial charge is 0.370 e. The molecule has 1 aliphatic heterocycles. The van der Waals surface area contributed by atoms with E-state index in [4.69, 9.17) is 19.9 Å². The zero-order chi connectivity index (χ0) is 23.4. The van der Waals surface area contributed by atoms with Crippen LogP contribution >= 0.6 is 23.1 Å². The quantitative estimate of drug-likeness (QED) is 0.310. The van der Waals surface area contributed by atoms with Gasteiger partial charge in [0.2, 0.25) is 5.95 Å². The second-order valence-corrected chi connectivity index (χ2v) is 11.5. The van der Waals surface area contributed by atoms with Crippen molar-refractivity contribution in [2.45, 2.75) is 57.9 Å². The molecule has 6 rings (SSSR count). The fourth-order valence-electron chi connectivity index (χ4n) is 4.57. The molecule has 0 fully saturated rings. The van der Waals surface area contributed by atoms with E-state index in [9.17, 15) is 0 Å². The zero-order valence-corrected chi connectivity index (χ0v) is 21.3. The molecule has 0 atom stereocenters. The van der Waals surface area contributed by atoms with Gasteiger partial charge in [-0.1, -0.05) is 42.1 Å². The number of hydrogen-bond donors (Lipinski definition) is 0. The van der Waals surface area contributed by atoms with Crippen molar-refractivity contribution in [1.29, 1.82) is 0 Å². The number of thioether (sulfide) groups is 1. The molecule has 0 radical (unpaired) electrons. The molecular formula is C25H26N6OS2. The molecule has 1 aromatic carbocycles. The van der Waals surface area contributed by atoms with Crippen LogP contribution in [-0.4, -0.2) is 40.7 Å². The molecule has 0 unspecified atom stereocenters. The Bertz CT molecular complexity index is 1520. The molecule has 5 aromatic rings. The van der Waals surface area contributed by atoms with Crippen LogP contribution in [0.4, 0.5) is 0 Å². The number of benzene rings is 1. The Morgan fingerprint density at radius 2 is 1.97 bits per heavy atom. The highest BCUT2D eigenvalue weighted by Gasteiger charge is 2.32. The molecule has 0 aliphatic carbocycles. The summed E-state index contributed by atoms with van der Waals surface area (Å²) in [5.41, 5.74) is 5.24. The maximum Gasteiger partial charge on any atom is 0.240 e. The second-order valence-electron chi connectivity index (χ2n) is 9.39. The van der Waals surface area contributed by atoms with Gasteiger partial charge in [0.25, 0.3) is 0 Å². The molecule has 0 saturated heterocycles. The topological polar surface area (TPSA) is 70.1 Å². The van der Waals surface area contributed by atoms with Gasteiger partial charge in [-0.05, 0) is 51.3 Å². The van der Waals surface area contributed by atoms with Gasteiger partial charge in [-0.15, -0.1) is 21.5 Å². The molecule has 9 heteroatoms. The summed E-state index contributed by atoms with van der Waals surface area (Å²) in [5.74, 6) is 1.64. The first-order valence-electron chi connectivity index (χ1n) is 11.4. The van der Waals surface area contributed by atoms with Crippen LogP contribution in [0.2, 0.25) is 0 Å². The third kappa shape index (κ3) is 3.72. The predicted octanol–water partition coefficient (Wildman–Crippen LogP) is 5.33. The van der Waals surface area contributed by atoms with Crippen molar-refractivity contribution < 1.29 is 4.74 Å². The van der Waals surface area contributed by atoms with Crippen molar-refractivity contribution in [3.05, 3.63) is 63.8 Å². The summed E-state index contributed by atoms with van der Waals surface area (Å²) < 4.78 is 10.1. The number of aryl methyl sites for hydroxylation is 3. The van der Waals surface area contributed by atoms with Crippen LogP contribution in [0.1, 0.15) is 41.2 Å². The molecule has 34 heavy (non-hydrogen) atoms. The molecule has 174 valence electrons. The third-order valence-corrected chi connectivity index (χ3v) is 8.22. The van der Waals surface area contributed by atoms with Crippen LogP contribution in [0.3, 0.4) is 0 Å².